The summed E-state index contributed by atoms with van der Waals surface area (Å²) in [7, 11) is 5.51. The number of amides is 1. The van der Waals surface area contributed by atoms with Gasteiger partial charge in [-0.25, -0.2) is 4.98 Å². The zero-order valence-corrected chi connectivity index (χ0v) is 19.7. The van der Waals surface area contributed by atoms with Gasteiger partial charge in [-0.2, -0.15) is 0 Å². The van der Waals surface area contributed by atoms with E-state index in [4.69, 9.17) is 21.1 Å². The third kappa shape index (κ3) is 5.76. The number of aromatic nitrogens is 1. The van der Waals surface area contributed by atoms with Crippen molar-refractivity contribution in [2.75, 3.05) is 45.8 Å². The highest BCUT2D eigenvalue weighted by Gasteiger charge is 2.22. The molecular formula is C21H25Cl2N3O3S. The summed E-state index contributed by atoms with van der Waals surface area (Å²) >= 11 is 7.72. The molecule has 30 heavy (non-hydrogen) atoms. The van der Waals surface area contributed by atoms with E-state index < -0.39 is 0 Å². The second-order valence-electron chi connectivity index (χ2n) is 6.87. The van der Waals surface area contributed by atoms with Crippen LogP contribution in [0.15, 0.2) is 36.4 Å². The zero-order valence-electron chi connectivity index (χ0n) is 17.3. The van der Waals surface area contributed by atoms with E-state index >= 15 is 0 Å². The fourth-order valence-electron chi connectivity index (χ4n) is 2.71. The fraction of sp³-hybridized carbons (Fsp3) is 0.333. The first-order valence-electron chi connectivity index (χ1n) is 9.16. The number of aryl methyl sites for hydroxylation is 1. The van der Waals surface area contributed by atoms with Gasteiger partial charge in [0.05, 0.1) is 16.8 Å². The maximum Gasteiger partial charge on any atom is 0.266 e. The number of hydrogen-bond donors (Lipinski definition) is 0. The lowest BCUT2D eigenvalue weighted by Gasteiger charge is -2.22. The molecule has 0 bridgehead atoms. The third-order valence-electron chi connectivity index (χ3n) is 4.35. The highest BCUT2D eigenvalue weighted by molar-refractivity contribution is 7.23. The van der Waals surface area contributed by atoms with E-state index in [2.05, 4.69) is 4.98 Å². The first-order valence-corrected chi connectivity index (χ1v) is 10.4. The number of rotatable bonds is 8. The molecule has 0 saturated heterocycles. The van der Waals surface area contributed by atoms with Gasteiger partial charge in [-0.05, 0) is 45.3 Å². The molecule has 3 rings (SSSR count). The molecule has 0 spiro atoms. The van der Waals surface area contributed by atoms with Gasteiger partial charge >= 0.3 is 0 Å². The number of hydrogen-bond acceptors (Lipinski definition) is 6. The summed E-state index contributed by atoms with van der Waals surface area (Å²) in [5.41, 5.74) is 1.79. The lowest BCUT2D eigenvalue weighted by atomic mass is 10.2. The van der Waals surface area contributed by atoms with Crippen molar-refractivity contribution >= 4 is 56.6 Å². The molecule has 0 unspecified atom stereocenters. The summed E-state index contributed by atoms with van der Waals surface area (Å²) in [6.07, 6.45) is 0. The average Bonchev–Trinajstić information content (AvgIpc) is 3.14. The fourth-order valence-corrected chi connectivity index (χ4v) is 4.01. The number of carbonyl (C=O) groups is 1. The van der Waals surface area contributed by atoms with E-state index in [1.165, 1.54) is 11.3 Å². The number of ether oxygens (including phenoxy) is 2. The zero-order chi connectivity index (χ0) is 21.0. The molecule has 0 saturated carbocycles. The molecule has 0 aliphatic carbocycles. The van der Waals surface area contributed by atoms with Crippen LogP contribution < -0.4 is 14.4 Å². The molecule has 1 heterocycles. The normalized spacial score (nSPS) is 10.7. The summed E-state index contributed by atoms with van der Waals surface area (Å²) in [6.45, 7) is 3.11. The molecule has 0 atom stereocenters. The van der Waals surface area contributed by atoms with Crippen LogP contribution in [0.2, 0.25) is 5.02 Å². The molecule has 1 amide bonds. The Labute approximate surface area is 191 Å². The van der Waals surface area contributed by atoms with Gasteiger partial charge in [0.2, 0.25) is 0 Å². The standard InChI is InChI=1S/C21H24ClN3O3S.ClH/c1-14-5-7-15(8-6-14)28-13-18(26)25(12-11-24(2)3)21-23-19-17(27-4)10-9-16(22)20(19)29-21;/h5-10H,11-13H2,1-4H3;1H. The lowest BCUT2D eigenvalue weighted by molar-refractivity contribution is -0.120. The predicted octanol–water partition coefficient (Wildman–Crippen LogP) is 4.66. The molecular weight excluding hydrogens is 445 g/mol. The van der Waals surface area contributed by atoms with Gasteiger partial charge in [0.25, 0.3) is 5.91 Å². The molecule has 1 aromatic heterocycles. The minimum Gasteiger partial charge on any atom is -0.494 e. The van der Waals surface area contributed by atoms with Crippen molar-refractivity contribution in [3.05, 3.63) is 47.0 Å². The van der Waals surface area contributed by atoms with Crippen LogP contribution in [0.1, 0.15) is 5.56 Å². The van der Waals surface area contributed by atoms with E-state index in [0.29, 0.717) is 40.3 Å². The highest BCUT2D eigenvalue weighted by Crippen LogP contribution is 2.38. The first-order chi connectivity index (χ1) is 13.9. The van der Waals surface area contributed by atoms with Gasteiger partial charge in [-0.1, -0.05) is 40.6 Å². The minimum absolute atomic E-state index is 0. The summed E-state index contributed by atoms with van der Waals surface area (Å²) in [5.74, 6) is 1.12. The van der Waals surface area contributed by atoms with Crippen LogP contribution in [0.4, 0.5) is 5.13 Å². The molecule has 0 aliphatic heterocycles. The Hall–Kier alpha value is -2.06. The van der Waals surface area contributed by atoms with E-state index in [1.54, 1.807) is 24.1 Å². The number of nitrogens with zero attached hydrogens (tertiary/aromatic N) is 3. The third-order valence-corrected chi connectivity index (χ3v) is 5.89. The second-order valence-corrected chi connectivity index (χ2v) is 8.26. The van der Waals surface area contributed by atoms with Crippen LogP contribution >= 0.6 is 35.3 Å². The maximum atomic E-state index is 13.0. The number of likely N-dealkylation sites (N-methyl/N-ethyl adjacent to an activating group) is 1. The maximum absolute atomic E-state index is 13.0. The van der Waals surface area contributed by atoms with E-state index in [0.717, 1.165) is 10.3 Å². The number of anilines is 1. The Morgan fingerprint density at radius 1 is 1.13 bits per heavy atom. The van der Waals surface area contributed by atoms with Crippen LogP contribution in [0.5, 0.6) is 11.5 Å². The Morgan fingerprint density at radius 3 is 2.47 bits per heavy atom. The van der Waals surface area contributed by atoms with Crippen molar-refractivity contribution in [1.82, 2.24) is 9.88 Å². The molecule has 0 radical (unpaired) electrons. The molecule has 2 aromatic carbocycles. The Kier molecular flexibility index (Phi) is 8.73. The van der Waals surface area contributed by atoms with Gasteiger partial charge in [0.1, 0.15) is 17.0 Å². The molecule has 6 nitrogen and oxygen atoms in total. The predicted molar refractivity (Wildman–Crippen MR) is 126 cm³/mol. The average molecular weight is 470 g/mol. The summed E-state index contributed by atoms with van der Waals surface area (Å²) in [6, 6.07) is 11.2. The van der Waals surface area contributed by atoms with Crippen molar-refractivity contribution in [2.24, 2.45) is 0 Å². The largest absolute Gasteiger partial charge is 0.494 e. The highest BCUT2D eigenvalue weighted by atomic mass is 35.5. The van der Waals surface area contributed by atoms with Gasteiger partial charge in [0, 0.05) is 13.1 Å². The van der Waals surface area contributed by atoms with Gasteiger partial charge in [0.15, 0.2) is 11.7 Å². The Morgan fingerprint density at radius 2 is 1.83 bits per heavy atom. The Balaban J connectivity index is 0.00000320. The summed E-state index contributed by atoms with van der Waals surface area (Å²) < 4.78 is 11.9. The second kappa shape index (κ2) is 10.8. The van der Waals surface area contributed by atoms with E-state index in [9.17, 15) is 4.79 Å². The van der Waals surface area contributed by atoms with E-state index in [1.807, 2.05) is 50.2 Å². The van der Waals surface area contributed by atoms with Gasteiger partial charge < -0.3 is 14.4 Å². The van der Waals surface area contributed by atoms with Crippen LogP contribution in [-0.4, -0.2) is 56.7 Å². The van der Waals surface area contributed by atoms with Crippen LogP contribution in [0, 0.1) is 6.92 Å². The van der Waals surface area contributed by atoms with Crippen LogP contribution in [0.25, 0.3) is 10.2 Å². The number of thiazole rings is 1. The number of fused-ring (bicyclic) bond motifs is 1. The number of methoxy groups -OCH3 is 1. The van der Waals surface area contributed by atoms with Crippen molar-refractivity contribution in [2.45, 2.75) is 6.92 Å². The summed E-state index contributed by atoms with van der Waals surface area (Å²) in [4.78, 5) is 21.3. The lowest BCUT2D eigenvalue weighted by Crippen LogP contribution is -2.39. The monoisotopic (exact) mass is 469 g/mol. The minimum atomic E-state index is -0.165. The summed E-state index contributed by atoms with van der Waals surface area (Å²) in [5, 5.41) is 1.16. The SMILES string of the molecule is COc1ccc(Cl)c2sc(N(CCN(C)C)C(=O)COc3ccc(C)cc3)nc12.Cl. The molecule has 162 valence electrons. The molecule has 3 aromatic rings. The van der Waals surface area contributed by atoms with Gasteiger partial charge in [-0.15, -0.1) is 12.4 Å². The number of halogens is 2. The molecule has 9 heteroatoms. The smallest absolute Gasteiger partial charge is 0.266 e. The van der Waals surface area contributed by atoms with Crippen molar-refractivity contribution in [3.63, 3.8) is 0 Å². The van der Waals surface area contributed by atoms with Gasteiger partial charge in [-0.3, -0.25) is 9.69 Å². The van der Waals surface area contributed by atoms with Crippen molar-refractivity contribution < 1.29 is 14.3 Å². The van der Waals surface area contributed by atoms with E-state index in [-0.39, 0.29) is 24.9 Å². The molecule has 0 fully saturated rings. The number of carbonyl (C=O) groups excluding carboxylic acids is 1. The van der Waals surface area contributed by atoms with Crippen molar-refractivity contribution in [1.29, 1.82) is 0 Å². The topological polar surface area (TPSA) is 54.9 Å². The van der Waals surface area contributed by atoms with Crippen LogP contribution in [0.3, 0.4) is 0 Å². The first kappa shape index (κ1) is 24.2. The van der Waals surface area contributed by atoms with Crippen LogP contribution in [-0.2, 0) is 4.79 Å². The molecule has 0 aliphatic rings. The molecule has 0 N–H and O–H groups in total. The Bertz CT molecular complexity index is 993. The number of benzene rings is 2. The quantitative estimate of drug-likeness (QED) is 0.479. The van der Waals surface area contributed by atoms with Crippen molar-refractivity contribution in [3.8, 4) is 11.5 Å².